The molecule has 5 heteroatoms. The van der Waals surface area contributed by atoms with Crippen molar-refractivity contribution < 1.29 is 0 Å². The Morgan fingerprint density at radius 3 is 2.05 bits per heavy atom. The van der Waals surface area contributed by atoms with Gasteiger partial charge in [-0.25, -0.2) is 9.97 Å². The molecule has 0 aliphatic carbocycles. The minimum Gasteiger partial charge on any atom is -0.324 e. The van der Waals surface area contributed by atoms with Gasteiger partial charge in [-0.1, -0.05) is 65.7 Å². The molecule has 1 heterocycles. The monoisotopic (exact) mass is 329 g/mol. The molecule has 0 bridgehead atoms. The molecule has 0 saturated heterocycles. The summed E-state index contributed by atoms with van der Waals surface area (Å²) in [5, 5.41) is 3.74. The Balaban J connectivity index is 2.00. The number of nitrogens with one attached hydrogen (secondary N) is 1. The van der Waals surface area contributed by atoms with Crippen molar-refractivity contribution in [3.63, 3.8) is 0 Å². The third-order valence-electron chi connectivity index (χ3n) is 3.27. The lowest BCUT2D eigenvalue weighted by Crippen LogP contribution is -2.00. The van der Waals surface area contributed by atoms with Gasteiger partial charge < -0.3 is 5.32 Å². The maximum absolute atomic E-state index is 6.33. The summed E-state index contributed by atoms with van der Waals surface area (Å²) in [6.45, 7) is 2.00. The predicted molar refractivity (Wildman–Crippen MR) is 91.9 cm³/mol. The Hall–Kier alpha value is -2.10. The maximum atomic E-state index is 6.33. The van der Waals surface area contributed by atoms with Crippen molar-refractivity contribution in [3.05, 3.63) is 70.5 Å². The highest BCUT2D eigenvalue weighted by Gasteiger charge is 2.15. The molecule has 1 N–H and O–H groups in total. The van der Waals surface area contributed by atoms with Crippen molar-refractivity contribution in [1.82, 2.24) is 9.97 Å². The molecular formula is C17H13Cl2N3. The standard InChI is InChI=1S/C17H13Cl2N3/c1-11-7-5-6-10-13(11)14-15(18)21-17(22-16(14)19)20-12-8-3-2-4-9-12/h2-10H,1H3,(H,20,21,22). The number of rotatable bonds is 3. The summed E-state index contributed by atoms with van der Waals surface area (Å²) in [4.78, 5) is 8.61. The van der Waals surface area contributed by atoms with E-state index in [9.17, 15) is 0 Å². The van der Waals surface area contributed by atoms with E-state index >= 15 is 0 Å². The summed E-state index contributed by atoms with van der Waals surface area (Å²) in [6, 6.07) is 17.5. The summed E-state index contributed by atoms with van der Waals surface area (Å²) in [7, 11) is 0. The average Bonchev–Trinajstić information content (AvgIpc) is 2.49. The van der Waals surface area contributed by atoms with Crippen molar-refractivity contribution in [2.24, 2.45) is 0 Å². The van der Waals surface area contributed by atoms with E-state index in [-0.39, 0.29) is 0 Å². The van der Waals surface area contributed by atoms with Gasteiger partial charge in [0, 0.05) is 5.69 Å². The molecule has 0 fully saturated rings. The van der Waals surface area contributed by atoms with Crippen molar-refractivity contribution >= 4 is 34.8 Å². The minimum atomic E-state index is 0.327. The SMILES string of the molecule is Cc1ccccc1-c1c(Cl)nc(Nc2ccccc2)nc1Cl. The fourth-order valence-electron chi connectivity index (χ4n) is 2.19. The molecule has 0 radical (unpaired) electrons. The Morgan fingerprint density at radius 2 is 1.41 bits per heavy atom. The molecule has 0 amide bonds. The van der Waals surface area contributed by atoms with Crippen LogP contribution in [0, 0.1) is 6.92 Å². The lowest BCUT2D eigenvalue weighted by molar-refractivity contribution is 1.17. The van der Waals surface area contributed by atoms with Gasteiger partial charge >= 0.3 is 0 Å². The molecule has 0 spiro atoms. The van der Waals surface area contributed by atoms with Crippen LogP contribution in [-0.2, 0) is 0 Å². The molecule has 3 rings (SSSR count). The molecule has 2 aromatic carbocycles. The third kappa shape index (κ3) is 3.06. The molecule has 3 aromatic rings. The second-order valence-corrected chi connectivity index (χ2v) is 5.53. The van der Waals surface area contributed by atoms with E-state index < -0.39 is 0 Å². The summed E-state index contributed by atoms with van der Waals surface area (Å²) in [5.41, 5.74) is 3.53. The first-order valence-corrected chi connectivity index (χ1v) is 7.52. The first-order valence-electron chi connectivity index (χ1n) is 6.76. The van der Waals surface area contributed by atoms with Crippen LogP contribution < -0.4 is 5.32 Å². The van der Waals surface area contributed by atoms with E-state index in [0.29, 0.717) is 21.8 Å². The molecule has 0 aliphatic heterocycles. The Labute approximate surface area is 139 Å². The highest BCUT2D eigenvalue weighted by Crippen LogP contribution is 2.35. The van der Waals surface area contributed by atoms with Crippen molar-refractivity contribution in [2.75, 3.05) is 5.32 Å². The number of para-hydroxylation sites is 1. The second kappa shape index (κ2) is 6.34. The van der Waals surface area contributed by atoms with E-state index in [1.165, 1.54) is 0 Å². The van der Waals surface area contributed by atoms with Crippen LogP contribution in [0.25, 0.3) is 11.1 Å². The van der Waals surface area contributed by atoms with E-state index in [4.69, 9.17) is 23.2 Å². The highest BCUT2D eigenvalue weighted by atomic mass is 35.5. The molecule has 0 aliphatic rings. The van der Waals surface area contributed by atoms with Crippen LogP contribution in [0.3, 0.4) is 0 Å². The first-order chi connectivity index (χ1) is 10.6. The van der Waals surface area contributed by atoms with Crippen LogP contribution in [0.2, 0.25) is 10.3 Å². The van der Waals surface area contributed by atoms with Gasteiger partial charge in [0.25, 0.3) is 0 Å². The molecular weight excluding hydrogens is 317 g/mol. The predicted octanol–water partition coefficient (Wildman–Crippen LogP) is 5.50. The number of aryl methyl sites for hydroxylation is 1. The fourth-order valence-corrected chi connectivity index (χ4v) is 2.78. The Kier molecular flexibility index (Phi) is 4.27. The number of hydrogen-bond donors (Lipinski definition) is 1. The number of hydrogen-bond acceptors (Lipinski definition) is 3. The first kappa shape index (κ1) is 14.8. The van der Waals surface area contributed by atoms with Crippen LogP contribution in [0.5, 0.6) is 0 Å². The molecule has 0 atom stereocenters. The summed E-state index contributed by atoms with van der Waals surface area (Å²) in [5.74, 6) is 0.374. The summed E-state index contributed by atoms with van der Waals surface area (Å²) in [6.07, 6.45) is 0. The smallest absolute Gasteiger partial charge is 0.230 e. The number of halogens is 2. The fraction of sp³-hybridized carbons (Fsp3) is 0.0588. The van der Waals surface area contributed by atoms with Gasteiger partial charge in [0.2, 0.25) is 5.95 Å². The maximum Gasteiger partial charge on any atom is 0.230 e. The van der Waals surface area contributed by atoms with Crippen LogP contribution in [-0.4, -0.2) is 9.97 Å². The summed E-state index contributed by atoms with van der Waals surface area (Å²) >= 11 is 12.7. The number of nitrogens with zero attached hydrogens (tertiary/aromatic N) is 2. The normalized spacial score (nSPS) is 10.5. The zero-order chi connectivity index (χ0) is 15.5. The van der Waals surface area contributed by atoms with Gasteiger partial charge in [0.05, 0.1) is 5.56 Å². The third-order valence-corrected chi connectivity index (χ3v) is 3.81. The quantitative estimate of drug-likeness (QED) is 0.644. The molecule has 110 valence electrons. The van der Waals surface area contributed by atoms with Crippen molar-refractivity contribution in [1.29, 1.82) is 0 Å². The van der Waals surface area contributed by atoms with Crippen molar-refractivity contribution in [2.45, 2.75) is 6.92 Å². The topological polar surface area (TPSA) is 37.8 Å². The zero-order valence-electron chi connectivity index (χ0n) is 11.8. The average molecular weight is 330 g/mol. The van der Waals surface area contributed by atoms with Gasteiger partial charge in [-0.3, -0.25) is 0 Å². The Morgan fingerprint density at radius 1 is 0.818 bits per heavy atom. The van der Waals surface area contributed by atoms with Gasteiger partial charge in [0.1, 0.15) is 10.3 Å². The van der Waals surface area contributed by atoms with Crippen LogP contribution >= 0.6 is 23.2 Å². The molecule has 0 saturated carbocycles. The van der Waals surface area contributed by atoms with Crippen LogP contribution in [0.15, 0.2) is 54.6 Å². The lowest BCUT2D eigenvalue weighted by atomic mass is 10.0. The molecule has 22 heavy (non-hydrogen) atoms. The largest absolute Gasteiger partial charge is 0.324 e. The molecule has 0 unspecified atom stereocenters. The lowest BCUT2D eigenvalue weighted by Gasteiger charge is -2.11. The van der Waals surface area contributed by atoms with Crippen LogP contribution in [0.1, 0.15) is 5.56 Å². The highest BCUT2D eigenvalue weighted by molar-refractivity contribution is 6.38. The minimum absolute atomic E-state index is 0.327. The molecule has 1 aromatic heterocycles. The second-order valence-electron chi connectivity index (χ2n) is 4.81. The van der Waals surface area contributed by atoms with Crippen LogP contribution in [0.4, 0.5) is 11.6 Å². The van der Waals surface area contributed by atoms with Gasteiger partial charge in [-0.2, -0.15) is 0 Å². The molecule has 3 nitrogen and oxygen atoms in total. The van der Waals surface area contributed by atoms with Gasteiger partial charge in [0.15, 0.2) is 0 Å². The number of benzene rings is 2. The summed E-state index contributed by atoms with van der Waals surface area (Å²) < 4.78 is 0. The van der Waals surface area contributed by atoms with E-state index in [1.54, 1.807) is 0 Å². The van der Waals surface area contributed by atoms with E-state index in [2.05, 4.69) is 15.3 Å². The van der Waals surface area contributed by atoms with Crippen molar-refractivity contribution in [3.8, 4) is 11.1 Å². The zero-order valence-corrected chi connectivity index (χ0v) is 13.4. The van der Waals surface area contributed by atoms with E-state index in [0.717, 1.165) is 16.8 Å². The number of anilines is 2. The number of aromatic nitrogens is 2. The van der Waals surface area contributed by atoms with E-state index in [1.807, 2.05) is 61.5 Å². The Bertz CT molecular complexity index is 781. The van der Waals surface area contributed by atoms with Gasteiger partial charge in [-0.15, -0.1) is 0 Å². The van der Waals surface area contributed by atoms with Gasteiger partial charge in [-0.05, 0) is 30.2 Å².